The molecule has 96 valence electrons. The van der Waals surface area contributed by atoms with E-state index in [-0.39, 0.29) is 11.3 Å². The van der Waals surface area contributed by atoms with Gasteiger partial charge in [-0.1, -0.05) is 39.3 Å². The van der Waals surface area contributed by atoms with Crippen LogP contribution in [0.25, 0.3) is 10.9 Å². The molecule has 0 bridgehead atoms. The predicted molar refractivity (Wildman–Crippen MR) is 77.4 cm³/mol. The second kappa shape index (κ2) is 4.97. The lowest BCUT2D eigenvalue weighted by Crippen LogP contribution is -2.15. The summed E-state index contributed by atoms with van der Waals surface area (Å²) in [5.41, 5.74) is 4.37. The summed E-state index contributed by atoms with van der Waals surface area (Å²) in [6, 6.07) is 6.02. The molecule has 0 fully saturated rings. The van der Waals surface area contributed by atoms with Crippen LogP contribution in [0.15, 0.2) is 23.0 Å². The third-order valence-electron chi connectivity index (χ3n) is 3.45. The average Bonchev–Trinajstić information content (AvgIpc) is 2.30. The highest BCUT2D eigenvalue weighted by Gasteiger charge is 2.13. The Bertz CT molecular complexity index is 623. The Labute approximate surface area is 108 Å². The molecule has 1 heterocycles. The fraction of sp³-hybridized carbons (Fsp3) is 0.438. The van der Waals surface area contributed by atoms with Gasteiger partial charge in [0, 0.05) is 16.6 Å². The molecule has 0 unspecified atom stereocenters. The van der Waals surface area contributed by atoms with E-state index in [2.05, 4.69) is 31.8 Å². The van der Waals surface area contributed by atoms with Crippen LogP contribution >= 0.6 is 0 Å². The van der Waals surface area contributed by atoms with Crippen LogP contribution in [-0.4, -0.2) is 4.98 Å². The summed E-state index contributed by atoms with van der Waals surface area (Å²) in [7, 11) is 0. The lowest BCUT2D eigenvalue weighted by atomic mass is 9.97. The fourth-order valence-electron chi connectivity index (χ4n) is 2.68. The molecule has 0 spiro atoms. The number of rotatable bonds is 3. The highest BCUT2D eigenvalue weighted by molar-refractivity contribution is 5.82. The summed E-state index contributed by atoms with van der Waals surface area (Å²) >= 11 is 0. The van der Waals surface area contributed by atoms with Crippen molar-refractivity contribution in [3.8, 4) is 0 Å². The van der Waals surface area contributed by atoms with Gasteiger partial charge < -0.3 is 4.98 Å². The minimum atomic E-state index is 0.189. The molecule has 0 amide bonds. The number of benzene rings is 1. The van der Waals surface area contributed by atoms with Crippen LogP contribution in [0.5, 0.6) is 0 Å². The summed E-state index contributed by atoms with van der Waals surface area (Å²) in [4.78, 5) is 16.0. The second-order valence-corrected chi connectivity index (χ2v) is 5.24. The second-order valence-electron chi connectivity index (χ2n) is 5.24. The van der Waals surface area contributed by atoms with E-state index < -0.39 is 0 Å². The van der Waals surface area contributed by atoms with Crippen LogP contribution in [0.1, 0.15) is 49.9 Å². The number of para-hydroxylation sites is 1. The normalized spacial score (nSPS) is 11.4. The number of pyridine rings is 1. The zero-order valence-electron chi connectivity index (χ0n) is 11.6. The van der Waals surface area contributed by atoms with Crippen molar-refractivity contribution in [3.63, 3.8) is 0 Å². The smallest absolute Gasteiger partial charge is 0.193 e. The molecule has 2 aromatic rings. The third-order valence-corrected chi connectivity index (χ3v) is 3.45. The Morgan fingerprint density at radius 1 is 1.28 bits per heavy atom. The highest BCUT2D eigenvalue weighted by Crippen LogP contribution is 2.21. The lowest BCUT2D eigenvalue weighted by molar-refractivity contribution is 0.837. The Kier molecular flexibility index (Phi) is 3.55. The molecule has 0 saturated carbocycles. The maximum Gasteiger partial charge on any atom is 0.193 e. The molecule has 2 rings (SSSR count). The minimum absolute atomic E-state index is 0.189. The number of H-pyrrole nitrogens is 1. The zero-order chi connectivity index (χ0) is 13.3. The minimum Gasteiger partial charge on any atom is -0.358 e. The average molecular weight is 243 g/mol. The number of hydrogen-bond acceptors (Lipinski definition) is 1. The highest BCUT2D eigenvalue weighted by atomic mass is 16.1. The van der Waals surface area contributed by atoms with Crippen LogP contribution < -0.4 is 5.43 Å². The van der Waals surface area contributed by atoms with Crippen LogP contribution in [0, 0.1) is 6.92 Å². The van der Waals surface area contributed by atoms with Gasteiger partial charge in [0.1, 0.15) is 0 Å². The first-order valence-corrected chi connectivity index (χ1v) is 6.70. The predicted octanol–water partition coefficient (Wildman–Crippen LogP) is 3.91. The van der Waals surface area contributed by atoms with Gasteiger partial charge in [-0.2, -0.15) is 0 Å². The number of fused-ring (bicyclic) bond motifs is 1. The van der Waals surface area contributed by atoms with Gasteiger partial charge in [0.2, 0.25) is 0 Å². The summed E-state index contributed by atoms with van der Waals surface area (Å²) in [6.07, 6.45) is 2.10. The molecule has 0 radical (unpaired) electrons. The number of aryl methyl sites for hydroxylation is 2. The molecule has 0 aliphatic carbocycles. The molecular weight excluding hydrogens is 222 g/mol. The van der Waals surface area contributed by atoms with Crippen molar-refractivity contribution in [2.24, 2.45) is 0 Å². The topological polar surface area (TPSA) is 32.9 Å². The zero-order valence-corrected chi connectivity index (χ0v) is 11.6. The molecule has 0 atom stereocenters. The van der Waals surface area contributed by atoms with Gasteiger partial charge in [-0.05, 0) is 30.9 Å². The summed E-state index contributed by atoms with van der Waals surface area (Å²) in [6.45, 7) is 8.30. The molecule has 0 saturated heterocycles. The first-order valence-electron chi connectivity index (χ1n) is 6.70. The quantitative estimate of drug-likeness (QED) is 0.871. The Hall–Kier alpha value is -1.57. The SMILES string of the molecule is CCCc1cccc2c(=O)c(C(C)C)c(C)[nH]c12. The number of hydrogen-bond donors (Lipinski definition) is 1. The molecule has 2 nitrogen and oxygen atoms in total. The van der Waals surface area contributed by atoms with Crippen molar-refractivity contribution in [2.45, 2.75) is 46.5 Å². The van der Waals surface area contributed by atoms with E-state index in [1.165, 1.54) is 5.56 Å². The summed E-state index contributed by atoms with van der Waals surface area (Å²) in [5.74, 6) is 0.257. The van der Waals surface area contributed by atoms with Crippen molar-refractivity contribution in [2.75, 3.05) is 0 Å². The van der Waals surface area contributed by atoms with Crippen molar-refractivity contribution in [1.82, 2.24) is 4.98 Å². The van der Waals surface area contributed by atoms with Crippen LogP contribution in [-0.2, 0) is 6.42 Å². The Balaban J connectivity index is 2.81. The number of aromatic nitrogens is 1. The van der Waals surface area contributed by atoms with E-state index in [4.69, 9.17) is 0 Å². The van der Waals surface area contributed by atoms with Crippen molar-refractivity contribution >= 4 is 10.9 Å². The largest absolute Gasteiger partial charge is 0.358 e. The van der Waals surface area contributed by atoms with Gasteiger partial charge in [0.25, 0.3) is 0 Å². The van der Waals surface area contributed by atoms with E-state index in [9.17, 15) is 4.79 Å². The molecule has 0 aliphatic rings. The maximum absolute atomic E-state index is 12.5. The van der Waals surface area contributed by atoms with E-state index >= 15 is 0 Å². The Morgan fingerprint density at radius 2 is 2.00 bits per heavy atom. The van der Waals surface area contributed by atoms with Crippen molar-refractivity contribution in [1.29, 1.82) is 0 Å². The molecule has 2 heteroatoms. The Morgan fingerprint density at radius 3 is 2.61 bits per heavy atom. The standard InChI is InChI=1S/C16H21NO/c1-5-7-12-8-6-9-13-15(12)17-11(4)14(10(2)3)16(13)18/h6,8-10H,5,7H2,1-4H3,(H,17,18). The van der Waals surface area contributed by atoms with Crippen molar-refractivity contribution < 1.29 is 0 Å². The first kappa shape index (κ1) is 12.9. The maximum atomic E-state index is 12.5. The van der Waals surface area contributed by atoms with E-state index in [1.807, 2.05) is 19.1 Å². The van der Waals surface area contributed by atoms with Gasteiger partial charge in [0.05, 0.1) is 5.52 Å². The molecular formula is C16H21NO. The summed E-state index contributed by atoms with van der Waals surface area (Å²) in [5, 5.41) is 0.829. The van der Waals surface area contributed by atoms with E-state index in [0.717, 1.165) is 35.0 Å². The molecule has 1 aromatic carbocycles. The van der Waals surface area contributed by atoms with Crippen LogP contribution in [0.3, 0.4) is 0 Å². The lowest BCUT2D eigenvalue weighted by Gasteiger charge is -2.13. The van der Waals surface area contributed by atoms with Gasteiger partial charge in [-0.15, -0.1) is 0 Å². The molecule has 1 aromatic heterocycles. The third kappa shape index (κ3) is 2.07. The van der Waals surface area contributed by atoms with E-state index in [0.29, 0.717) is 0 Å². The molecule has 1 N–H and O–H groups in total. The number of nitrogens with one attached hydrogen (secondary N) is 1. The number of aromatic amines is 1. The van der Waals surface area contributed by atoms with Gasteiger partial charge >= 0.3 is 0 Å². The summed E-state index contributed by atoms with van der Waals surface area (Å²) < 4.78 is 0. The first-order chi connectivity index (χ1) is 8.56. The van der Waals surface area contributed by atoms with Crippen LogP contribution in [0.4, 0.5) is 0 Å². The van der Waals surface area contributed by atoms with Crippen molar-refractivity contribution in [3.05, 3.63) is 45.2 Å². The van der Waals surface area contributed by atoms with Gasteiger partial charge in [-0.25, -0.2) is 0 Å². The van der Waals surface area contributed by atoms with Gasteiger partial charge in [-0.3, -0.25) is 4.79 Å². The fourth-order valence-corrected chi connectivity index (χ4v) is 2.68. The van der Waals surface area contributed by atoms with Gasteiger partial charge in [0.15, 0.2) is 5.43 Å². The van der Waals surface area contributed by atoms with E-state index in [1.54, 1.807) is 0 Å². The van der Waals surface area contributed by atoms with Crippen LogP contribution in [0.2, 0.25) is 0 Å². The molecule has 18 heavy (non-hydrogen) atoms. The molecule has 0 aliphatic heterocycles. The monoisotopic (exact) mass is 243 g/mol.